The zero-order chi connectivity index (χ0) is 18.0. The van der Waals surface area contributed by atoms with E-state index in [1.165, 1.54) is 22.0 Å². The van der Waals surface area contributed by atoms with Crippen LogP contribution in [0.25, 0.3) is 10.9 Å². The molecule has 2 aromatic rings. The number of benzene rings is 1. The summed E-state index contributed by atoms with van der Waals surface area (Å²) in [5.41, 5.74) is 4.22. The third-order valence-electron chi connectivity index (χ3n) is 6.46. The number of nitrogens with zero attached hydrogens (tertiary/aromatic N) is 3. The molecule has 2 saturated heterocycles. The van der Waals surface area contributed by atoms with Gasteiger partial charge in [0.05, 0.1) is 0 Å². The van der Waals surface area contributed by atoms with Crippen LogP contribution in [0.3, 0.4) is 0 Å². The van der Waals surface area contributed by atoms with Crippen LogP contribution < -0.4 is 5.32 Å². The van der Waals surface area contributed by atoms with Crippen LogP contribution in [-0.4, -0.2) is 59.0 Å². The molecular formula is C20H24N4O2. The van der Waals surface area contributed by atoms with E-state index in [9.17, 15) is 9.59 Å². The van der Waals surface area contributed by atoms with Crippen molar-refractivity contribution in [3.63, 3.8) is 0 Å². The first kappa shape index (κ1) is 15.9. The van der Waals surface area contributed by atoms with E-state index in [2.05, 4.69) is 53.3 Å². The fourth-order valence-electron chi connectivity index (χ4n) is 5.41. The van der Waals surface area contributed by atoms with Gasteiger partial charge in [-0.15, -0.1) is 0 Å². The Kier molecular flexibility index (Phi) is 3.41. The number of hydrogen-bond acceptors (Lipinski definition) is 3. The monoisotopic (exact) mass is 352 g/mol. The SMILES string of the molecule is CN1C[C@H](CN2CC(=O)NC2=O)CC2c3cccc4c3c(cn4C)C[C@H]21. The van der Waals surface area contributed by atoms with E-state index in [0.717, 1.165) is 19.4 Å². The Morgan fingerprint density at radius 1 is 1.23 bits per heavy atom. The molecule has 6 nitrogen and oxygen atoms in total. The van der Waals surface area contributed by atoms with E-state index in [1.807, 2.05) is 0 Å². The first-order chi connectivity index (χ1) is 12.5. The third kappa shape index (κ3) is 2.28. The number of aryl methyl sites for hydroxylation is 1. The Bertz CT molecular complexity index is 918. The predicted molar refractivity (Wildman–Crippen MR) is 99.0 cm³/mol. The molecule has 2 fully saturated rings. The lowest BCUT2D eigenvalue weighted by molar-refractivity contribution is -0.118. The van der Waals surface area contributed by atoms with Crippen molar-refractivity contribution in [1.82, 2.24) is 19.7 Å². The zero-order valence-corrected chi connectivity index (χ0v) is 15.2. The van der Waals surface area contributed by atoms with Crippen LogP contribution in [0.2, 0.25) is 0 Å². The van der Waals surface area contributed by atoms with Gasteiger partial charge in [-0.3, -0.25) is 10.1 Å². The van der Waals surface area contributed by atoms with Gasteiger partial charge in [0, 0.05) is 49.2 Å². The van der Waals surface area contributed by atoms with Gasteiger partial charge < -0.3 is 14.4 Å². The fourth-order valence-corrected chi connectivity index (χ4v) is 5.41. The van der Waals surface area contributed by atoms with Gasteiger partial charge in [-0.05, 0) is 43.0 Å². The van der Waals surface area contributed by atoms with Crippen LogP contribution in [0.1, 0.15) is 23.5 Å². The Labute approximate surface area is 152 Å². The molecule has 136 valence electrons. The molecule has 2 aliphatic heterocycles. The molecule has 0 spiro atoms. The maximum absolute atomic E-state index is 11.9. The molecule has 1 unspecified atom stereocenters. The van der Waals surface area contributed by atoms with Gasteiger partial charge in [0.25, 0.3) is 0 Å². The largest absolute Gasteiger partial charge is 0.350 e. The van der Waals surface area contributed by atoms with E-state index in [-0.39, 0.29) is 18.5 Å². The highest BCUT2D eigenvalue weighted by atomic mass is 16.2. The number of likely N-dealkylation sites (N-methyl/N-ethyl adjacent to an activating group) is 1. The summed E-state index contributed by atoms with van der Waals surface area (Å²) in [5, 5.41) is 3.82. The highest BCUT2D eigenvalue weighted by Crippen LogP contribution is 2.44. The molecule has 1 aliphatic carbocycles. The number of imide groups is 1. The zero-order valence-electron chi connectivity index (χ0n) is 15.2. The number of nitrogens with one attached hydrogen (secondary N) is 1. The van der Waals surface area contributed by atoms with E-state index in [1.54, 1.807) is 4.90 Å². The first-order valence-corrected chi connectivity index (χ1v) is 9.37. The number of amides is 3. The summed E-state index contributed by atoms with van der Waals surface area (Å²) >= 11 is 0. The molecule has 1 aromatic carbocycles. The number of urea groups is 1. The highest BCUT2D eigenvalue weighted by Gasteiger charge is 2.41. The van der Waals surface area contributed by atoms with Crippen molar-refractivity contribution >= 4 is 22.8 Å². The van der Waals surface area contributed by atoms with Crippen molar-refractivity contribution in [2.24, 2.45) is 13.0 Å². The fraction of sp³-hybridized carbons (Fsp3) is 0.500. The van der Waals surface area contributed by atoms with E-state index in [0.29, 0.717) is 24.4 Å². The number of carbonyl (C=O) groups excluding carboxylic acids is 2. The summed E-state index contributed by atoms with van der Waals surface area (Å²) in [6, 6.07) is 6.93. The minimum absolute atomic E-state index is 0.187. The Balaban J connectivity index is 1.46. The van der Waals surface area contributed by atoms with Gasteiger partial charge in [0.1, 0.15) is 6.54 Å². The van der Waals surface area contributed by atoms with Crippen LogP contribution in [0, 0.1) is 5.92 Å². The lowest BCUT2D eigenvalue weighted by Crippen LogP contribution is -2.50. The third-order valence-corrected chi connectivity index (χ3v) is 6.46. The van der Waals surface area contributed by atoms with Crippen molar-refractivity contribution in [1.29, 1.82) is 0 Å². The van der Waals surface area contributed by atoms with Crippen LogP contribution in [0.4, 0.5) is 4.79 Å². The van der Waals surface area contributed by atoms with Crippen molar-refractivity contribution in [2.45, 2.75) is 24.8 Å². The molecule has 0 saturated carbocycles. The Morgan fingerprint density at radius 3 is 2.85 bits per heavy atom. The number of carbonyl (C=O) groups is 2. The minimum atomic E-state index is -0.240. The highest BCUT2D eigenvalue weighted by molar-refractivity contribution is 6.01. The smallest absolute Gasteiger partial charge is 0.324 e. The number of likely N-dealkylation sites (tertiary alicyclic amines) is 1. The normalized spacial score (nSPS) is 28.5. The summed E-state index contributed by atoms with van der Waals surface area (Å²) in [4.78, 5) is 27.5. The standard InChI is InChI=1S/C20H24N4O2/c1-22-8-12(9-24-11-18(25)21-20(24)26)6-15-14-4-3-5-16-19(14)13(7-17(15)22)10-23(16)2/h3-5,10,12,15,17H,6-9,11H2,1-2H3,(H,21,25,26)/t12-,15?,17-/m1/s1. The summed E-state index contributed by atoms with van der Waals surface area (Å²) in [7, 11) is 4.33. The molecule has 1 aromatic heterocycles. The van der Waals surface area contributed by atoms with Crippen LogP contribution in [0.15, 0.2) is 24.4 Å². The summed E-state index contributed by atoms with van der Waals surface area (Å²) in [6.07, 6.45) is 4.44. The molecule has 3 heterocycles. The van der Waals surface area contributed by atoms with E-state index >= 15 is 0 Å². The average Bonchev–Trinajstić information content (AvgIpc) is 3.09. The number of aromatic nitrogens is 1. The van der Waals surface area contributed by atoms with Crippen molar-refractivity contribution in [3.8, 4) is 0 Å². The van der Waals surface area contributed by atoms with E-state index in [4.69, 9.17) is 0 Å². The molecule has 3 aliphatic rings. The second-order valence-corrected chi connectivity index (χ2v) is 8.16. The molecule has 0 radical (unpaired) electrons. The lowest BCUT2D eigenvalue weighted by atomic mass is 9.72. The Hall–Kier alpha value is -2.34. The van der Waals surface area contributed by atoms with E-state index < -0.39 is 0 Å². The molecule has 6 heteroatoms. The topological polar surface area (TPSA) is 57.6 Å². The number of piperidine rings is 1. The van der Waals surface area contributed by atoms with Crippen LogP contribution >= 0.6 is 0 Å². The van der Waals surface area contributed by atoms with Gasteiger partial charge in [-0.1, -0.05) is 12.1 Å². The molecule has 26 heavy (non-hydrogen) atoms. The Morgan fingerprint density at radius 2 is 2.08 bits per heavy atom. The minimum Gasteiger partial charge on any atom is -0.350 e. The second-order valence-electron chi connectivity index (χ2n) is 8.16. The number of hydrogen-bond donors (Lipinski definition) is 1. The van der Waals surface area contributed by atoms with Gasteiger partial charge >= 0.3 is 6.03 Å². The number of fused-ring (bicyclic) bond motifs is 2. The van der Waals surface area contributed by atoms with Crippen LogP contribution in [-0.2, 0) is 18.3 Å². The summed E-state index contributed by atoms with van der Waals surface area (Å²) < 4.78 is 2.24. The molecule has 0 bridgehead atoms. The van der Waals surface area contributed by atoms with Crippen LogP contribution in [0.5, 0.6) is 0 Å². The van der Waals surface area contributed by atoms with Gasteiger partial charge in [-0.2, -0.15) is 0 Å². The van der Waals surface area contributed by atoms with Gasteiger partial charge in [0.15, 0.2) is 0 Å². The lowest BCUT2D eigenvalue weighted by Gasteiger charge is -2.46. The average molecular weight is 352 g/mol. The molecule has 5 rings (SSSR count). The predicted octanol–water partition coefficient (Wildman–Crippen LogP) is 1.69. The molecule has 1 N–H and O–H groups in total. The maximum Gasteiger partial charge on any atom is 0.324 e. The summed E-state index contributed by atoms with van der Waals surface area (Å²) in [6.45, 7) is 1.82. The van der Waals surface area contributed by atoms with Crippen molar-refractivity contribution in [3.05, 3.63) is 35.5 Å². The maximum atomic E-state index is 11.9. The molecule has 3 atom stereocenters. The second kappa shape index (κ2) is 5.58. The molecule has 3 amide bonds. The van der Waals surface area contributed by atoms with Crippen molar-refractivity contribution < 1.29 is 9.59 Å². The number of rotatable bonds is 2. The van der Waals surface area contributed by atoms with Gasteiger partial charge in [-0.25, -0.2) is 4.79 Å². The van der Waals surface area contributed by atoms with Gasteiger partial charge in [0.2, 0.25) is 5.91 Å². The van der Waals surface area contributed by atoms with Crippen molar-refractivity contribution in [2.75, 3.05) is 26.7 Å². The quantitative estimate of drug-likeness (QED) is 0.837. The summed E-state index contributed by atoms with van der Waals surface area (Å²) in [5.74, 6) is 0.686. The first-order valence-electron chi connectivity index (χ1n) is 9.37. The molecular weight excluding hydrogens is 328 g/mol.